The molecule has 3 rings (SSSR count). The lowest BCUT2D eigenvalue weighted by atomic mass is 10.2. The summed E-state index contributed by atoms with van der Waals surface area (Å²) in [5.41, 5.74) is 1.17. The first-order valence-corrected chi connectivity index (χ1v) is 13.6. The second-order valence-electron chi connectivity index (χ2n) is 7.13. The van der Waals surface area contributed by atoms with E-state index in [1.54, 1.807) is 36.0 Å². The summed E-state index contributed by atoms with van der Waals surface area (Å²) in [6.45, 7) is 3.46. The van der Waals surface area contributed by atoms with Crippen molar-refractivity contribution in [1.82, 2.24) is 10.2 Å². The van der Waals surface area contributed by atoms with Crippen molar-refractivity contribution in [2.45, 2.75) is 29.5 Å². The molecule has 0 aliphatic rings. The Morgan fingerprint density at radius 2 is 1.79 bits per heavy atom. The molecule has 0 radical (unpaired) electrons. The molecule has 1 aromatic heterocycles. The van der Waals surface area contributed by atoms with Gasteiger partial charge in [-0.05, 0) is 37.6 Å². The summed E-state index contributed by atoms with van der Waals surface area (Å²) in [6.07, 6.45) is 0.989. The number of benzene rings is 2. The number of aromatic nitrogens is 2. The molecule has 0 saturated carbocycles. The van der Waals surface area contributed by atoms with Crippen molar-refractivity contribution < 1.29 is 22.7 Å². The molecule has 0 fully saturated rings. The molecule has 1 heterocycles. The van der Waals surface area contributed by atoms with Crippen molar-refractivity contribution in [3.63, 3.8) is 0 Å². The fraction of sp³-hybridized carbons (Fsp3) is 0.318. The van der Waals surface area contributed by atoms with Gasteiger partial charge in [0.05, 0.1) is 24.8 Å². The van der Waals surface area contributed by atoms with Gasteiger partial charge in [-0.15, -0.1) is 10.2 Å². The minimum atomic E-state index is -4.07. The van der Waals surface area contributed by atoms with Crippen molar-refractivity contribution in [3.8, 4) is 11.5 Å². The van der Waals surface area contributed by atoms with Crippen LogP contribution in [0.25, 0.3) is 0 Å². The van der Waals surface area contributed by atoms with Crippen LogP contribution in [0.5, 0.6) is 11.5 Å². The lowest BCUT2D eigenvalue weighted by Gasteiger charge is -2.24. The SMILES string of the molecule is CCCSc1nnc(NC(=O)CN(c2ccc(OC)c(OC)c2)S(=O)(=O)c2ccc(C)cc2)s1. The predicted molar refractivity (Wildman–Crippen MR) is 135 cm³/mol. The van der Waals surface area contributed by atoms with Gasteiger partial charge >= 0.3 is 0 Å². The molecule has 34 heavy (non-hydrogen) atoms. The number of methoxy groups -OCH3 is 2. The van der Waals surface area contributed by atoms with E-state index in [1.807, 2.05) is 6.92 Å². The lowest BCUT2D eigenvalue weighted by molar-refractivity contribution is -0.114. The summed E-state index contributed by atoms with van der Waals surface area (Å²) in [6, 6.07) is 11.1. The molecular weight excluding hydrogens is 496 g/mol. The molecule has 0 spiro atoms. The Bertz CT molecular complexity index is 1230. The maximum absolute atomic E-state index is 13.6. The number of nitrogens with zero attached hydrogens (tertiary/aromatic N) is 3. The van der Waals surface area contributed by atoms with Crippen LogP contribution < -0.4 is 19.1 Å². The first kappa shape index (κ1) is 25.8. The highest BCUT2D eigenvalue weighted by Gasteiger charge is 2.28. The number of hydrogen-bond donors (Lipinski definition) is 1. The van der Waals surface area contributed by atoms with Gasteiger partial charge in [-0.25, -0.2) is 8.42 Å². The van der Waals surface area contributed by atoms with Gasteiger partial charge in [-0.2, -0.15) is 0 Å². The molecule has 1 N–H and O–H groups in total. The van der Waals surface area contributed by atoms with Crippen LogP contribution in [-0.2, 0) is 14.8 Å². The van der Waals surface area contributed by atoms with Crippen LogP contribution in [0.3, 0.4) is 0 Å². The molecule has 182 valence electrons. The molecule has 3 aromatic rings. The van der Waals surface area contributed by atoms with E-state index in [2.05, 4.69) is 22.4 Å². The number of aryl methyl sites for hydroxylation is 1. The number of hydrogen-bond acceptors (Lipinski definition) is 9. The largest absolute Gasteiger partial charge is 0.493 e. The zero-order valence-corrected chi connectivity index (χ0v) is 21.7. The number of anilines is 2. The minimum Gasteiger partial charge on any atom is -0.493 e. The third-order valence-corrected chi connectivity index (χ3v) is 8.60. The van der Waals surface area contributed by atoms with Crippen LogP contribution in [0.1, 0.15) is 18.9 Å². The van der Waals surface area contributed by atoms with E-state index >= 15 is 0 Å². The van der Waals surface area contributed by atoms with Gasteiger partial charge in [0.1, 0.15) is 6.54 Å². The minimum absolute atomic E-state index is 0.0647. The zero-order valence-electron chi connectivity index (χ0n) is 19.3. The summed E-state index contributed by atoms with van der Waals surface area (Å²) in [4.78, 5) is 13.0. The Hall–Kier alpha value is -2.83. The molecule has 0 saturated heterocycles. The number of amides is 1. The lowest BCUT2D eigenvalue weighted by Crippen LogP contribution is -2.38. The summed E-state index contributed by atoms with van der Waals surface area (Å²) < 4.78 is 39.5. The average Bonchev–Trinajstić information content (AvgIpc) is 3.27. The first-order valence-electron chi connectivity index (χ1n) is 10.4. The first-order chi connectivity index (χ1) is 16.3. The molecular formula is C22H26N4O5S3. The molecule has 2 aromatic carbocycles. The predicted octanol–water partition coefficient (Wildman–Crippen LogP) is 4.20. The molecule has 0 unspecified atom stereocenters. The highest BCUT2D eigenvalue weighted by atomic mass is 32.2. The van der Waals surface area contributed by atoms with Crippen LogP contribution in [-0.4, -0.2) is 51.0 Å². The number of thioether (sulfide) groups is 1. The van der Waals surface area contributed by atoms with Gasteiger partial charge in [-0.1, -0.05) is 47.7 Å². The summed E-state index contributed by atoms with van der Waals surface area (Å²) in [5.74, 6) is 1.12. The van der Waals surface area contributed by atoms with Crippen LogP contribution >= 0.6 is 23.1 Å². The average molecular weight is 523 g/mol. The molecule has 12 heteroatoms. The molecule has 0 aliphatic heterocycles. The topological polar surface area (TPSA) is 111 Å². The monoisotopic (exact) mass is 522 g/mol. The van der Waals surface area contributed by atoms with E-state index in [0.29, 0.717) is 16.6 Å². The Labute approximate surface area is 207 Å². The van der Waals surface area contributed by atoms with Crippen LogP contribution in [0.2, 0.25) is 0 Å². The maximum atomic E-state index is 13.6. The Morgan fingerprint density at radius 3 is 2.44 bits per heavy atom. The van der Waals surface area contributed by atoms with E-state index < -0.39 is 22.5 Å². The Kier molecular flexibility index (Phi) is 8.75. The van der Waals surface area contributed by atoms with Crippen LogP contribution in [0.15, 0.2) is 51.7 Å². The third-order valence-electron chi connectivity index (χ3n) is 4.63. The smallest absolute Gasteiger partial charge is 0.264 e. The number of rotatable bonds is 11. The van der Waals surface area contributed by atoms with Gasteiger partial charge < -0.3 is 9.47 Å². The van der Waals surface area contributed by atoms with E-state index in [1.165, 1.54) is 43.8 Å². The maximum Gasteiger partial charge on any atom is 0.264 e. The van der Waals surface area contributed by atoms with Crippen molar-refractivity contribution in [2.75, 3.05) is 36.1 Å². The van der Waals surface area contributed by atoms with Gasteiger partial charge in [0.25, 0.3) is 10.0 Å². The highest BCUT2D eigenvalue weighted by Crippen LogP contribution is 2.34. The molecule has 0 bridgehead atoms. The number of carbonyl (C=O) groups excluding carboxylic acids is 1. The van der Waals surface area contributed by atoms with Crippen molar-refractivity contribution >= 4 is 49.8 Å². The van der Waals surface area contributed by atoms with Crippen LogP contribution in [0, 0.1) is 6.92 Å². The summed E-state index contributed by atoms with van der Waals surface area (Å²) in [7, 11) is -1.13. The van der Waals surface area contributed by atoms with E-state index in [4.69, 9.17) is 9.47 Å². The summed E-state index contributed by atoms with van der Waals surface area (Å²) in [5, 5.41) is 11.0. The molecule has 0 atom stereocenters. The number of nitrogens with one attached hydrogen (secondary N) is 1. The Morgan fingerprint density at radius 1 is 1.09 bits per heavy atom. The normalized spacial score (nSPS) is 11.2. The zero-order chi connectivity index (χ0) is 24.7. The highest BCUT2D eigenvalue weighted by molar-refractivity contribution is 8.01. The van der Waals surface area contributed by atoms with Gasteiger partial charge in [0, 0.05) is 11.8 Å². The van der Waals surface area contributed by atoms with E-state index in [-0.39, 0.29) is 10.6 Å². The molecule has 0 aliphatic carbocycles. The second kappa shape index (κ2) is 11.5. The number of sulfonamides is 1. The summed E-state index contributed by atoms with van der Waals surface area (Å²) >= 11 is 2.80. The number of ether oxygens (including phenoxy) is 2. The number of carbonyl (C=O) groups is 1. The van der Waals surface area contributed by atoms with Crippen molar-refractivity contribution in [1.29, 1.82) is 0 Å². The Balaban J connectivity index is 1.92. The molecule has 1 amide bonds. The fourth-order valence-electron chi connectivity index (χ4n) is 2.93. The fourth-order valence-corrected chi connectivity index (χ4v) is 6.04. The van der Waals surface area contributed by atoms with Gasteiger partial charge in [0.2, 0.25) is 11.0 Å². The van der Waals surface area contributed by atoms with E-state index in [9.17, 15) is 13.2 Å². The second-order valence-corrected chi connectivity index (χ2v) is 11.3. The van der Waals surface area contributed by atoms with Crippen LogP contribution in [0.4, 0.5) is 10.8 Å². The van der Waals surface area contributed by atoms with Gasteiger partial charge in [-0.3, -0.25) is 14.4 Å². The van der Waals surface area contributed by atoms with Crippen molar-refractivity contribution in [3.05, 3.63) is 48.0 Å². The molecule has 9 nitrogen and oxygen atoms in total. The van der Waals surface area contributed by atoms with E-state index in [0.717, 1.165) is 26.4 Å². The standard InChI is InChI=1S/C22H26N4O5S3/c1-5-12-32-22-25-24-21(33-22)23-20(27)14-26(16-8-11-18(30-3)19(13-16)31-4)34(28,29)17-9-6-15(2)7-10-17/h6-11,13H,5,12,14H2,1-4H3,(H,23,24,27). The van der Waals surface area contributed by atoms with Crippen molar-refractivity contribution in [2.24, 2.45) is 0 Å². The third kappa shape index (κ3) is 6.19. The quantitative estimate of drug-likeness (QED) is 0.295. The van der Waals surface area contributed by atoms with Gasteiger partial charge in [0.15, 0.2) is 15.8 Å².